The Morgan fingerprint density at radius 3 is 2.67 bits per heavy atom. The van der Waals surface area contributed by atoms with Crippen LogP contribution in [-0.2, 0) is 0 Å². The van der Waals surface area contributed by atoms with Gasteiger partial charge < -0.3 is 15.2 Å². The normalized spacial score (nSPS) is 11.3. The molecule has 21 heavy (non-hydrogen) atoms. The molecule has 110 valence electrons. The molecule has 0 aromatic heterocycles. The summed E-state index contributed by atoms with van der Waals surface area (Å²) >= 11 is 5.52. The molecule has 0 saturated carbocycles. The number of amidine groups is 1. The summed E-state index contributed by atoms with van der Waals surface area (Å²) in [5.41, 5.74) is 5.88. The number of nitrogens with two attached hydrogens (primary N) is 1. The Labute approximate surface area is 127 Å². The van der Waals surface area contributed by atoms with Crippen LogP contribution in [0.4, 0.5) is 10.1 Å². The smallest absolute Gasteiger partial charge is 0.167 e. The van der Waals surface area contributed by atoms with Crippen LogP contribution in [0, 0.1) is 5.82 Å². The molecule has 0 radical (unpaired) electrons. The van der Waals surface area contributed by atoms with Crippen molar-refractivity contribution in [2.75, 3.05) is 13.0 Å². The van der Waals surface area contributed by atoms with Gasteiger partial charge in [0.2, 0.25) is 0 Å². The molecule has 2 aromatic carbocycles. The average Bonchev–Trinajstić information content (AvgIpc) is 2.50. The third-order valence-electron chi connectivity index (χ3n) is 2.59. The van der Waals surface area contributed by atoms with Crippen LogP contribution >= 0.6 is 11.6 Å². The van der Waals surface area contributed by atoms with E-state index in [0.29, 0.717) is 17.2 Å². The lowest BCUT2D eigenvalue weighted by Crippen LogP contribution is -2.12. The van der Waals surface area contributed by atoms with Crippen molar-refractivity contribution in [3.8, 4) is 17.2 Å². The van der Waals surface area contributed by atoms with Gasteiger partial charge in [-0.05, 0) is 24.3 Å². The van der Waals surface area contributed by atoms with Gasteiger partial charge in [-0.25, -0.2) is 9.38 Å². The highest BCUT2D eigenvalue weighted by Gasteiger charge is 2.07. The fourth-order valence-electron chi connectivity index (χ4n) is 1.63. The van der Waals surface area contributed by atoms with Gasteiger partial charge in [-0.15, -0.1) is 11.6 Å². The van der Waals surface area contributed by atoms with Crippen molar-refractivity contribution in [3.05, 3.63) is 48.3 Å². The second-order valence-electron chi connectivity index (χ2n) is 4.13. The predicted molar refractivity (Wildman–Crippen MR) is 81.5 cm³/mol. The molecule has 6 heteroatoms. The van der Waals surface area contributed by atoms with E-state index in [-0.39, 0.29) is 17.5 Å². The van der Waals surface area contributed by atoms with Crippen molar-refractivity contribution in [2.24, 2.45) is 10.7 Å². The molecule has 0 unspecified atom stereocenters. The zero-order chi connectivity index (χ0) is 15.2. The minimum Gasteiger partial charge on any atom is -0.497 e. The van der Waals surface area contributed by atoms with Crippen molar-refractivity contribution in [2.45, 2.75) is 0 Å². The molecule has 0 heterocycles. The molecule has 0 aliphatic rings. The molecule has 2 rings (SSSR count). The zero-order valence-corrected chi connectivity index (χ0v) is 12.1. The fraction of sp³-hybridized carbons (Fsp3) is 0.133. The van der Waals surface area contributed by atoms with Gasteiger partial charge >= 0.3 is 0 Å². The van der Waals surface area contributed by atoms with Gasteiger partial charge in [0.15, 0.2) is 11.6 Å². The Balaban J connectivity index is 2.21. The maximum absolute atomic E-state index is 14.0. The molecule has 0 fully saturated rings. The Morgan fingerprint density at radius 2 is 2.00 bits per heavy atom. The van der Waals surface area contributed by atoms with Gasteiger partial charge in [0.05, 0.1) is 18.7 Å². The van der Waals surface area contributed by atoms with E-state index in [1.54, 1.807) is 37.4 Å². The van der Waals surface area contributed by atoms with Crippen LogP contribution in [-0.4, -0.2) is 18.8 Å². The van der Waals surface area contributed by atoms with Crippen molar-refractivity contribution >= 4 is 23.1 Å². The summed E-state index contributed by atoms with van der Waals surface area (Å²) in [6, 6.07) is 11.2. The fourth-order valence-corrected chi connectivity index (χ4v) is 1.69. The molecule has 0 aliphatic heterocycles. The standard InChI is InChI=1S/C15H14ClFN2O2/c1-20-11-3-2-4-12(8-11)21-14-6-5-10(7-13(14)17)19-15(18)9-16/h2-8H,9H2,1H3,(H2,18,19). The number of aliphatic imine (C=N–C) groups is 1. The third kappa shape index (κ3) is 4.10. The van der Waals surface area contributed by atoms with E-state index in [1.807, 2.05) is 0 Å². The zero-order valence-electron chi connectivity index (χ0n) is 11.3. The molecular formula is C15H14ClFN2O2. The highest BCUT2D eigenvalue weighted by molar-refractivity contribution is 6.28. The number of ether oxygens (including phenoxy) is 2. The number of hydrogen-bond acceptors (Lipinski definition) is 3. The van der Waals surface area contributed by atoms with E-state index >= 15 is 0 Å². The summed E-state index contributed by atoms with van der Waals surface area (Å²) in [5.74, 6) is 0.961. The molecule has 0 amide bonds. The first kappa shape index (κ1) is 15.1. The molecule has 0 atom stereocenters. The highest BCUT2D eigenvalue weighted by atomic mass is 35.5. The Kier molecular flexibility index (Phi) is 5.00. The van der Waals surface area contributed by atoms with E-state index in [2.05, 4.69) is 4.99 Å². The molecule has 2 aromatic rings. The van der Waals surface area contributed by atoms with Crippen LogP contribution in [0.25, 0.3) is 0 Å². The number of alkyl halides is 1. The Hall–Kier alpha value is -2.27. The van der Waals surface area contributed by atoms with Gasteiger partial charge in [0.1, 0.15) is 17.3 Å². The van der Waals surface area contributed by atoms with Gasteiger partial charge in [0, 0.05) is 12.1 Å². The van der Waals surface area contributed by atoms with E-state index in [0.717, 1.165) is 0 Å². The SMILES string of the molecule is COc1cccc(Oc2ccc(N=C(N)CCl)cc2F)c1. The first-order valence-electron chi connectivity index (χ1n) is 6.13. The quantitative estimate of drug-likeness (QED) is 0.518. The molecule has 0 saturated heterocycles. The summed E-state index contributed by atoms with van der Waals surface area (Å²) in [6.07, 6.45) is 0. The Morgan fingerprint density at radius 1 is 1.24 bits per heavy atom. The van der Waals surface area contributed by atoms with Gasteiger partial charge in [-0.1, -0.05) is 6.07 Å². The minimum atomic E-state index is -0.540. The number of hydrogen-bond donors (Lipinski definition) is 1. The van der Waals surface area contributed by atoms with Gasteiger partial charge in [0.25, 0.3) is 0 Å². The lowest BCUT2D eigenvalue weighted by Gasteiger charge is -2.08. The third-order valence-corrected chi connectivity index (χ3v) is 2.87. The molecule has 2 N–H and O–H groups in total. The molecule has 4 nitrogen and oxygen atoms in total. The highest BCUT2D eigenvalue weighted by Crippen LogP contribution is 2.29. The second kappa shape index (κ2) is 6.95. The summed E-state index contributed by atoms with van der Waals surface area (Å²) in [7, 11) is 1.55. The topological polar surface area (TPSA) is 56.8 Å². The van der Waals surface area contributed by atoms with Crippen molar-refractivity contribution in [3.63, 3.8) is 0 Å². The molecule has 0 bridgehead atoms. The maximum atomic E-state index is 14.0. The number of methoxy groups -OCH3 is 1. The number of halogens is 2. The summed E-state index contributed by atoms with van der Waals surface area (Å²) < 4.78 is 24.5. The van der Waals surface area contributed by atoms with Crippen LogP contribution in [0.1, 0.15) is 0 Å². The van der Waals surface area contributed by atoms with Crippen molar-refractivity contribution in [1.82, 2.24) is 0 Å². The van der Waals surface area contributed by atoms with E-state index < -0.39 is 5.82 Å². The number of benzene rings is 2. The van der Waals surface area contributed by atoms with E-state index in [9.17, 15) is 4.39 Å². The monoisotopic (exact) mass is 308 g/mol. The van der Waals surface area contributed by atoms with Crippen LogP contribution < -0.4 is 15.2 Å². The molecular weight excluding hydrogens is 295 g/mol. The van der Waals surface area contributed by atoms with E-state index in [1.165, 1.54) is 12.1 Å². The summed E-state index contributed by atoms with van der Waals surface area (Å²) in [6.45, 7) is 0. The van der Waals surface area contributed by atoms with Crippen LogP contribution in [0.2, 0.25) is 0 Å². The van der Waals surface area contributed by atoms with Gasteiger partial charge in [-0.3, -0.25) is 0 Å². The largest absolute Gasteiger partial charge is 0.497 e. The second-order valence-corrected chi connectivity index (χ2v) is 4.40. The molecule has 0 spiro atoms. The lowest BCUT2D eigenvalue weighted by atomic mass is 10.3. The van der Waals surface area contributed by atoms with Crippen molar-refractivity contribution < 1.29 is 13.9 Å². The number of rotatable bonds is 5. The summed E-state index contributed by atoms with van der Waals surface area (Å²) in [4.78, 5) is 3.96. The first-order valence-corrected chi connectivity index (χ1v) is 6.66. The van der Waals surface area contributed by atoms with E-state index in [4.69, 9.17) is 26.8 Å². The first-order chi connectivity index (χ1) is 10.1. The van der Waals surface area contributed by atoms with Crippen LogP contribution in [0.3, 0.4) is 0 Å². The van der Waals surface area contributed by atoms with Gasteiger partial charge in [-0.2, -0.15) is 0 Å². The number of nitrogens with zero attached hydrogens (tertiary/aromatic N) is 1. The van der Waals surface area contributed by atoms with Crippen LogP contribution in [0.5, 0.6) is 17.2 Å². The summed E-state index contributed by atoms with van der Waals surface area (Å²) in [5, 5.41) is 0. The predicted octanol–water partition coefficient (Wildman–Crippen LogP) is 3.85. The lowest BCUT2D eigenvalue weighted by molar-refractivity contribution is 0.405. The minimum absolute atomic E-state index is 0.0870. The Bertz CT molecular complexity index is 662. The van der Waals surface area contributed by atoms with Crippen LogP contribution in [0.15, 0.2) is 47.5 Å². The average molecular weight is 309 g/mol. The maximum Gasteiger partial charge on any atom is 0.167 e. The van der Waals surface area contributed by atoms with Crippen molar-refractivity contribution in [1.29, 1.82) is 0 Å². The molecule has 0 aliphatic carbocycles.